The minimum Gasteiger partial charge on any atom is -0.370 e. The predicted molar refractivity (Wildman–Crippen MR) is 229 cm³/mol. The first-order valence-electron chi connectivity index (χ1n) is 19.0. The van der Waals surface area contributed by atoms with E-state index in [1.165, 1.54) is 0 Å². The first-order chi connectivity index (χ1) is 24.2. The summed E-state index contributed by atoms with van der Waals surface area (Å²) < 4.78 is 0. The van der Waals surface area contributed by atoms with E-state index in [1.807, 2.05) is 53.7 Å². The highest BCUT2D eigenvalue weighted by atomic mass is 16.4. The Balaban J connectivity index is 2.57. The van der Waals surface area contributed by atoms with Crippen molar-refractivity contribution in [2.75, 3.05) is 0 Å². The van der Waals surface area contributed by atoms with Crippen molar-refractivity contribution >= 4 is 21.5 Å². The highest BCUT2D eigenvalue weighted by molar-refractivity contribution is 6.18. The maximum absolute atomic E-state index is 13.4. The quantitative estimate of drug-likeness (QED) is 0.180. The van der Waals surface area contributed by atoms with Crippen molar-refractivity contribution in [1.82, 2.24) is 0 Å². The van der Waals surface area contributed by atoms with Gasteiger partial charge in [-0.15, -0.1) is 0 Å². The molecule has 280 valence electrons. The maximum Gasteiger partial charge on any atom is 0.196 e. The Labute approximate surface area is 327 Å². The molecule has 3 aromatic carbocycles. The number of aliphatic hydroxyl groups is 2. The van der Waals surface area contributed by atoms with E-state index < -0.39 is 22.0 Å². The number of benzene rings is 3. The highest BCUT2D eigenvalue weighted by Gasteiger charge is 2.55. The topological polar surface area (TPSA) is 40.5 Å². The molecular weight excluding hydrogens is 657 g/mol. The van der Waals surface area contributed by atoms with Gasteiger partial charge in [0.2, 0.25) is 0 Å². The van der Waals surface area contributed by atoms with Crippen LogP contribution in [0.5, 0.6) is 0 Å². The summed E-state index contributed by atoms with van der Waals surface area (Å²) in [5.41, 5.74) is -2.79. The zero-order valence-electron chi connectivity index (χ0n) is 36.2. The fourth-order valence-electron chi connectivity index (χ4n) is 5.74. The summed E-state index contributed by atoms with van der Waals surface area (Å²) in [7, 11) is 0. The van der Waals surface area contributed by atoms with Gasteiger partial charge in [-0.1, -0.05) is 71.0 Å². The van der Waals surface area contributed by atoms with E-state index in [4.69, 9.17) is 0 Å². The lowest BCUT2D eigenvalue weighted by Gasteiger charge is -2.42. The molecule has 0 bridgehead atoms. The summed E-state index contributed by atoms with van der Waals surface area (Å²) in [6.45, 7) is 36.9. The van der Waals surface area contributed by atoms with Crippen LogP contribution in [0.1, 0.15) is 158 Å². The minimum absolute atomic E-state index is 0.285. The average Bonchev–Trinajstić information content (AvgIpc) is 2.98. The standard InChI is InChI=1S/C52H60O2/c1-45(2,3)23-19-35-31-39-37(21-25-47(7,8)9)38(22-26-48(10,11)12)40-32-36(20-24-46(4,5)6)34-42-44(40)43(39)41(33-35)51(53,29-27-49(13,14)15)52(42,54)30-28-50(16,17)18/h31-34,53-54H,1-18H3. The molecule has 0 amide bonds. The van der Waals surface area contributed by atoms with Crippen molar-refractivity contribution < 1.29 is 10.2 Å². The fraction of sp³-hybridized carbons (Fsp3) is 0.500. The normalized spacial score (nSPS) is 18.4. The molecule has 2 heteroatoms. The Hall–Kier alpha value is -4.54. The summed E-state index contributed by atoms with van der Waals surface area (Å²) >= 11 is 0. The molecule has 2 N–H and O–H groups in total. The van der Waals surface area contributed by atoms with Crippen LogP contribution in [-0.4, -0.2) is 10.2 Å². The molecule has 0 saturated heterocycles. The lowest BCUT2D eigenvalue weighted by Crippen LogP contribution is -2.50. The van der Waals surface area contributed by atoms with E-state index in [2.05, 4.69) is 166 Å². The molecule has 1 aliphatic rings. The Morgan fingerprint density at radius 1 is 0.370 bits per heavy atom. The first kappa shape index (κ1) is 42.2. The van der Waals surface area contributed by atoms with Crippen LogP contribution in [0, 0.1) is 104 Å². The van der Waals surface area contributed by atoms with Gasteiger partial charge in [-0.25, -0.2) is 0 Å². The third kappa shape index (κ3) is 9.76. The van der Waals surface area contributed by atoms with Crippen LogP contribution >= 0.6 is 0 Å². The van der Waals surface area contributed by atoms with Gasteiger partial charge >= 0.3 is 0 Å². The molecule has 54 heavy (non-hydrogen) atoms. The molecule has 1 aliphatic carbocycles. The molecule has 0 aliphatic heterocycles. The molecule has 0 heterocycles. The Morgan fingerprint density at radius 3 is 0.889 bits per heavy atom. The largest absolute Gasteiger partial charge is 0.370 e. The van der Waals surface area contributed by atoms with Crippen molar-refractivity contribution in [2.24, 2.45) is 32.5 Å². The van der Waals surface area contributed by atoms with Gasteiger partial charge in [-0.05, 0) is 160 Å². The fourth-order valence-corrected chi connectivity index (χ4v) is 5.74. The molecule has 2 atom stereocenters. The molecule has 0 aromatic heterocycles. The minimum atomic E-state index is -2.17. The summed E-state index contributed by atoms with van der Waals surface area (Å²) in [4.78, 5) is 0. The summed E-state index contributed by atoms with van der Waals surface area (Å²) in [5, 5.41) is 29.9. The predicted octanol–water partition coefficient (Wildman–Crippen LogP) is 11.1. The van der Waals surface area contributed by atoms with Gasteiger partial charge in [0.05, 0.1) is 0 Å². The van der Waals surface area contributed by atoms with Crippen molar-refractivity contribution in [3.63, 3.8) is 0 Å². The second-order valence-electron chi connectivity index (χ2n) is 21.1. The maximum atomic E-state index is 13.4. The third-order valence-electron chi connectivity index (χ3n) is 8.14. The van der Waals surface area contributed by atoms with Crippen LogP contribution in [-0.2, 0) is 11.2 Å². The Kier molecular flexibility index (Phi) is 10.7. The van der Waals surface area contributed by atoms with Gasteiger partial charge < -0.3 is 10.2 Å². The first-order valence-corrected chi connectivity index (χ1v) is 19.0. The monoisotopic (exact) mass is 716 g/mol. The van der Waals surface area contributed by atoms with Crippen LogP contribution in [0.2, 0.25) is 0 Å². The van der Waals surface area contributed by atoms with E-state index in [0.717, 1.165) is 32.7 Å². The van der Waals surface area contributed by atoms with E-state index in [0.29, 0.717) is 22.3 Å². The van der Waals surface area contributed by atoms with Gasteiger partial charge in [0.1, 0.15) is 0 Å². The molecule has 2 nitrogen and oxygen atoms in total. The molecule has 0 spiro atoms. The van der Waals surface area contributed by atoms with Crippen LogP contribution < -0.4 is 0 Å². The van der Waals surface area contributed by atoms with Crippen LogP contribution in [0.4, 0.5) is 0 Å². The van der Waals surface area contributed by atoms with E-state index in [-0.39, 0.29) is 21.7 Å². The van der Waals surface area contributed by atoms with Crippen LogP contribution in [0.25, 0.3) is 21.5 Å². The lowest BCUT2D eigenvalue weighted by atomic mass is 9.65. The Morgan fingerprint density at radius 2 is 0.630 bits per heavy atom. The molecule has 0 fully saturated rings. The number of hydrogen-bond acceptors (Lipinski definition) is 2. The van der Waals surface area contributed by atoms with Gasteiger partial charge in [0.25, 0.3) is 0 Å². The number of hydrogen-bond donors (Lipinski definition) is 2. The van der Waals surface area contributed by atoms with Crippen molar-refractivity contribution in [2.45, 2.75) is 136 Å². The SMILES string of the molecule is CC(C)(C)C#Cc1cc2c3c(c1)c(C#CC(C)(C)C)c(C#CC(C)(C)C)c1cc(C#CC(C)(C)C)cc(c13)C(O)(C#CC(C)(C)C)C2(O)C#CC(C)(C)C. The molecule has 0 saturated carbocycles. The average molecular weight is 717 g/mol. The van der Waals surface area contributed by atoms with Crippen LogP contribution in [0.3, 0.4) is 0 Å². The second kappa shape index (κ2) is 13.6. The van der Waals surface area contributed by atoms with Gasteiger partial charge in [0.15, 0.2) is 11.2 Å². The Bertz CT molecular complexity index is 2250. The lowest BCUT2D eigenvalue weighted by molar-refractivity contribution is -0.0887. The van der Waals surface area contributed by atoms with E-state index >= 15 is 0 Å². The van der Waals surface area contributed by atoms with Crippen LogP contribution in [0.15, 0.2) is 24.3 Å². The summed E-state index contributed by atoms with van der Waals surface area (Å²) in [5.74, 6) is 40.7. The zero-order valence-corrected chi connectivity index (χ0v) is 36.2. The second-order valence-corrected chi connectivity index (χ2v) is 21.1. The van der Waals surface area contributed by atoms with Gasteiger partial charge in [0, 0.05) is 76.6 Å². The van der Waals surface area contributed by atoms with Crippen molar-refractivity contribution in [3.05, 3.63) is 57.6 Å². The third-order valence-corrected chi connectivity index (χ3v) is 8.14. The molecule has 0 radical (unpaired) electrons. The zero-order chi connectivity index (χ0) is 41.1. The van der Waals surface area contributed by atoms with Gasteiger partial charge in [-0.2, -0.15) is 0 Å². The molecular formula is C52H60O2. The molecule has 2 unspecified atom stereocenters. The molecule has 4 rings (SSSR count). The van der Waals surface area contributed by atoms with Crippen molar-refractivity contribution in [3.8, 4) is 71.0 Å². The van der Waals surface area contributed by atoms with E-state index in [1.54, 1.807) is 0 Å². The summed E-state index contributed by atoms with van der Waals surface area (Å²) in [6, 6.07) is 7.90. The highest BCUT2D eigenvalue weighted by Crippen LogP contribution is 2.54. The number of rotatable bonds is 0. The van der Waals surface area contributed by atoms with Crippen molar-refractivity contribution in [1.29, 1.82) is 0 Å². The molecule has 3 aromatic rings. The van der Waals surface area contributed by atoms with E-state index in [9.17, 15) is 10.2 Å². The summed E-state index contributed by atoms with van der Waals surface area (Å²) in [6.07, 6.45) is 0. The smallest absolute Gasteiger partial charge is 0.196 e. The van der Waals surface area contributed by atoms with Gasteiger partial charge in [-0.3, -0.25) is 0 Å².